The predicted molar refractivity (Wildman–Crippen MR) is 59.7 cm³/mol. The molecule has 1 amide bonds. The third-order valence-corrected chi connectivity index (χ3v) is 2.04. The number of methoxy groups -OCH3 is 1. The van der Waals surface area contributed by atoms with E-state index in [-0.39, 0.29) is 12.5 Å². The van der Waals surface area contributed by atoms with Crippen LogP contribution in [0.25, 0.3) is 0 Å². The normalized spacial score (nSPS) is 9.73. The average Bonchev–Trinajstić information content (AvgIpc) is 2.28. The quantitative estimate of drug-likeness (QED) is 0.758. The van der Waals surface area contributed by atoms with E-state index in [1.807, 2.05) is 24.3 Å². The molecule has 0 spiro atoms. The fourth-order valence-corrected chi connectivity index (χ4v) is 1.24. The Kier molecular flexibility index (Phi) is 4.63. The predicted octanol–water partition coefficient (Wildman–Crippen LogP) is 0.991. The van der Waals surface area contributed by atoms with Crippen LogP contribution in [0.3, 0.4) is 0 Å². The van der Waals surface area contributed by atoms with E-state index in [9.17, 15) is 4.79 Å². The van der Waals surface area contributed by atoms with Gasteiger partial charge in [0.25, 0.3) is 0 Å². The molecule has 1 rings (SSSR count). The van der Waals surface area contributed by atoms with E-state index >= 15 is 0 Å². The molecule has 4 heteroatoms. The highest BCUT2D eigenvalue weighted by molar-refractivity contribution is 5.80. The highest BCUT2D eigenvalue weighted by atomic mass is 16.5. The topological polar surface area (TPSA) is 50.4 Å². The molecule has 0 heterocycles. The molecule has 1 aromatic carbocycles. The van der Waals surface area contributed by atoms with Crippen LogP contribution in [0.2, 0.25) is 0 Å². The number of benzene rings is 1. The van der Waals surface area contributed by atoms with Gasteiger partial charge in [-0.05, 0) is 6.07 Å². The van der Waals surface area contributed by atoms with Crippen LogP contribution < -0.4 is 10.6 Å². The van der Waals surface area contributed by atoms with E-state index in [4.69, 9.17) is 4.74 Å². The number of para-hydroxylation sites is 1. The van der Waals surface area contributed by atoms with Gasteiger partial charge < -0.3 is 15.4 Å². The third-order valence-electron chi connectivity index (χ3n) is 2.04. The Bertz CT molecular complexity index is 326. The molecular weight excluding hydrogens is 192 g/mol. The van der Waals surface area contributed by atoms with Gasteiger partial charge in [-0.25, -0.2) is 0 Å². The number of rotatable bonds is 5. The number of amides is 1. The zero-order chi connectivity index (χ0) is 11.1. The molecule has 0 saturated carbocycles. The minimum absolute atomic E-state index is 0.0396. The summed E-state index contributed by atoms with van der Waals surface area (Å²) in [5, 5.41) is 5.61. The fraction of sp³-hybridized carbons (Fsp3) is 0.364. The number of hydrogen-bond acceptors (Lipinski definition) is 3. The number of nitrogens with one attached hydrogen (secondary N) is 2. The van der Waals surface area contributed by atoms with E-state index in [1.165, 1.54) is 0 Å². The Labute approximate surface area is 89.6 Å². The molecule has 4 nitrogen and oxygen atoms in total. The average molecular weight is 208 g/mol. The smallest absolute Gasteiger partial charge is 0.239 e. The summed E-state index contributed by atoms with van der Waals surface area (Å²) in [6, 6.07) is 7.76. The summed E-state index contributed by atoms with van der Waals surface area (Å²) in [5.74, 6) is -0.0396. The van der Waals surface area contributed by atoms with Crippen molar-refractivity contribution >= 4 is 11.6 Å². The standard InChI is InChI=1S/C11H16N2O2/c1-12-11(14)7-13-10-6-4-3-5-9(10)8-15-2/h3-6,13H,7-8H2,1-2H3,(H,12,14). The second kappa shape index (κ2) is 6.03. The van der Waals surface area contributed by atoms with Gasteiger partial charge in [-0.2, -0.15) is 0 Å². The minimum Gasteiger partial charge on any atom is -0.380 e. The van der Waals surface area contributed by atoms with Crippen LogP contribution >= 0.6 is 0 Å². The van der Waals surface area contributed by atoms with E-state index in [2.05, 4.69) is 10.6 Å². The fourth-order valence-electron chi connectivity index (χ4n) is 1.24. The summed E-state index contributed by atoms with van der Waals surface area (Å²) < 4.78 is 5.06. The van der Waals surface area contributed by atoms with Gasteiger partial charge in [-0.15, -0.1) is 0 Å². The lowest BCUT2D eigenvalue weighted by Crippen LogP contribution is -2.26. The molecule has 0 bridgehead atoms. The van der Waals surface area contributed by atoms with Crippen molar-refractivity contribution in [3.63, 3.8) is 0 Å². The molecule has 0 fully saturated rings. The van der Waals surface area contributed by atoms with Gasteiger partial charge in [-0.3, -0.25) is 4.79 Å². The van der Waals surface area contributed by atoms with Gasteiger partial charge in [-0.1, -0.05) is 18.2 Å². The second-order valence-corrected chi connectivity index (χ2v) is 3.12. The monoisotopic (exact) mass is 208 g/mol. The number of ether oxygens (including phenoxy) is 1. The zero-order valence-electron chi connectivity index (χ0n) is 9.04. The van der Waals surface area contributed by atoms with E-state index in [0.717, 1.165) is 11.3 Å². The molecule has 1 aromatic rings. The molecule has 0 aliphatic heterocycles. The van der Waals surface area contributed by atoms with Crippen LogP contribution in [0.5, 0.6) is 0 Å². The first-order chi connectivity index (χ1) is 7.27. The molecule has 82 valence electrons. The Morgan fingerprint density at radius 2 is 2.13 bits per heavy atom. The lowest BCUT2D eigenvalue weighted by Gasteiger charge is -2.10. The molecule has 2 N–H and O–H groups in total. The first-order valence-electron chi connectivity index (χ1n) is 4.79. The number of carbonyl (C=O) groups is 1. The molecular formula is C11H16N2O2. The largest absolute Gasteiger partial charge is 0.380 e. The van der Waals surface area contributed by atoms with Crippen LogP contribution in [-0.2, 0) is 16.1 Å². The molecule has 0 saturated heterocycles. The summed E-state index contributed by atoms with van der Waals surface area (Å²) >= 11 is 0. The Hall–Kier alpha value is -1.55. The van der Waals surface area contributed by atoms with E-state index in [0.29, 0.717) is 6.61 Å². The van der Waals surface area contributed by atoms with Gasteiger partial charge in [0.2, 0.25) is 5.91 Å². The van der Waals surface area contributed by atoms with Crippen molar-refractivity contribution in [1.82, 2.24) is 5.32 Å². The van der Waals surface area contributed by atoms with Crippen molar-refractivity contribution in [2.45, 2.75) is 6.61 Å². The molecule has 0 unspecified atom stereocenters. The third kappa shape index (κ3) is 3.59. The van der Waals surface area contributed by atoms with Crippen LogP contribution in [0, 0.1) is 0 Å². The highest BCUT2D eigenvalue weighted by Gasteiger charge is 2.02. The number of carbonyl (C=O) groups excluding carboxylic acids is 1. The molecule has 0 radical (unpaired) electrons. The van der Waals surface area contributed by atoms with Crippen molar-refractivity contribution in [1.29, 1.82) is 0 Å². The zero-order valence-corrected chi connectivity index (χ0v) is 9.04. The van der Waals surface area contributed by atoms with Crippen LogP contribution in [0.1, 0.15) is 5.56 Å². The minimum atomic E-state index is -0.0396. The van der Waals surface area contributed by atoms with Gasteiger partial charge in [0.15, 0.2) is 0 Å². The summed E-state index contributed by atoms with van der Waals surface area (Å²) in [4.78, 5) is 11.0. The molecule has 0 atom stereocenters. The maximum atomic E-state index is 11.0. The Morgan fingerprint density at radius 1 is 1.40 bits per heavy atom. The van der Waals surface area contributed by atoms with Gasteiger partial charge in [0.1, 0.15) is 0 Å². The summed E-state index contributed by atoms with van der Waals surface area (Å²) in [7, 11) is 3.26. The summed E-state index contributed by atoms with van der Waals surface area (Å²) in [5.41, 5.74) is 1.98. The lowest BCUT2D eigenvalue weighted by atomic mass is 10.2. The highest BCUT2D eigenvalue weighted by Crippen LogP contribution is 2.15. The SMILES string of the molecule is CNC(=O)CNc1ccccc1COC. The first-order valence-corrected chi connectivity index (χ1v) is 4.79. The summed E-state index contributed by atoms with van der Waals surface area (Å²) in [6.07, 6.45) is 0. The number of hydrogen-bond donors (Lipinski definition) is 2. The first kappa shape index (κ1) is 11.5. The maximum Gasteiger partial charge on any atom is 0.239 e. The molecule has 0 aliphatic rings. The van der Waals surface area contributed by atoms with Crippen LogP contribution in [-0.4, -0.2) is 26.6 Å². The van der Waals surface area contributed by atoms with Crippen molar-refractivity contribution in [3.05, 3.63) is 29.8 Å². The van der Waals surface area contributed by atoms with Crippen molar-refractivity contribution in [2.75, 3.05) is 26.0 Å². The van der Waals surface area contributed by atoms with E-state index < -0.39 is 0 Å². The van der Waals surface area contributed by atoms with Crippen molar-refractivity contribution < 1.29 is 9.53 Å². The number of likely N-dealkylation sites (N-methyl/N-ethyl adjacent to an activating group) is 1. The van der Waals surface area contributed by atoms with Crippen LogP contribution in [0.4, 0.5) is 5.69 Å². The lowest BCUT2D eigenvalue weighted by molar-refractivity contribution is -0.118. The number of anilines is 1. The maximum absolute atomic E-state index is 11.0. The van der Waals surface area contributed by atoms with Crippen molar-refractivity contribution in [3.8, 4) is 0 Å². The van der Waals surface area contributed by atoms with E-state index in [1.54, 1.807) is 14.2 Å². The van der Waals surface area contributed by atoms with Crippen molar-refractivity contribution in [2.24, 2.45) is 0 Å². The molecule has 0 aliphatic carbocycles. The van der Waals surface area contributed by atoms with Crippen LogP contribution in [0.15, 0.2) is 24.3 Å². The summed E-state index contributed by atoms with van der Waals surface area (Å²) in [6.45, 7) is 0.814. The molecule has 0 aromatic heterocycles. The van der Waals surface area contributed by atoms with Gasteiger partial charge in [0, 0.05) is 25.4 Å². The Balaban J connectivity index is 2.62. The second-order valence-electron chi connectivity index (χ2n) is 3.12. The van der Waals surface area contributed by atoms with Gasteiger partial charge in [0.05, 0.1) is 13.2 Å². The van der Waals surface area contributed by atoms with Gasteiger partial charge >= 0.3 is 0 Å². The molecule has 15 heavy (non-hydrogen) atoms. The Morgan fingerprint density at radius 3 is 2.80 bits per heavy atom.